The summed E-state index contributed by atoms with van der Waals surface area (Å²) in [6, 6.07) is 4.09. The third-order valence-electron chi connectivity index (χ3n) is 3.23. The van der Waals surface area contributed by atoms with Crippen molar-refractivity contribution in [3.63, 3.8) is 0 Å². The van der Waals surface area contributed by atoms with Gasteiger partial charge in [-0.1, -0.05) is 0 Å². The molecule has 3 rings (SSSR count). The van der Waals surface area contributed by atoms with Crippen LogP contribution in [0, 0.1) is 5.92 Å². The quantitative estimate of drug-likeness (QED) is 0.822. The van der Waals surface area contributed by atoms with E-state index in [9.17, 15) is 4.79 Å². The smallest absolute Gasteiger partial charge is 0.309 e. The molecule has 1 N–H and O–H groups in total. The van der Waals surface area contributed by atoms with Gasteiger partial charge in [0.25, 0.3) is 0 Å². The summed E-state index contributed by atoms with van der Waals surface area (Å²) in [4.78, 5) is 18.9. The zero-order chi connectivity index (χ0) is 11.8. The normalized spacial score (nSPS) is 22.6. The number of rotatable bonds is 3. The predicted molar refractivity (Wildman–Crippen MR) is 63.6 cm³/mol. The van der Waals surface area contributed by atoms with Crippen LogP contribution in [0.15, 0.2) is 24.5 Å². The summed E-state index contributed by atoms with van der Waals surface area (Å²) in [6.07, 6.45) is 4.61. The van der Waals surface area contributed by atoms with Crippen molar-refractivity contribution in [2.75, 3.05) is 6.61 Å². The van der Waals surface area contributed by atoms with Gasteiger partial charge in [-0.15, -0.1) is 0 Å². The maximum absolute atomic E-state index is 11.6. The number of aromatic nitrogens is 2. The summed E-state index contributed by atoms with van der Waals surface area (Å²) in [7, 11) is 0. The molecule has 2 aromatic heterocycles. The van der Waals surface area contributed by atoms with Crippen LogP contribution in [0.2, 0.25) is 0 Å². The van der Waals surface area contributed by atoms with Gasteiger partial charge in [0.15, 0.2) is 0 Å². The van der Waals surface area contributed by atoms with Gasteiger partial charge in [-0.3, -0.25) is 4.79 Å². The largest absolute Gasteiger partial charge is 0.466 e. The van der Waals surface area contributed by atoms with Gasteiger partial charge in [0.1, 0.15) is 5.65 Å². The van der Waals surface area contributed by atoms with E-state index in [-0.39, 0.29) is 11.9 Å². The first-order valence-electron chi connectivity index (χ1n) is 5.89. The summed E-state index contributed by atoms with van der Waals surface area (Å²) < 4.78 is 5.02. The van der Waals surface area contributed by atoms with Crippen molar-refractivity contribution in [2.24, 2.45) is 5.92 Å². The Bertz CT molecular complexity index is 561. The Morgan fingerprint density at radius 2 is 2.53 bits per heavy atom. The monoisotopic (exact) mass is 230 g/mol. The fourth-order valence-electron chi connectivity index (χ4n) is 2.23. The van der Waals surface area contributed by atoms with Crippen LogP contribution >= 0.6 is 0 Å². The molecule has 0 amide bonds. The second-order valence-corrected chi connectivity index (χ2v) is 4.38. The minimum absolute atomic E-state index is 0.0353. The first-order valence-corrected chi connectivity index (χ1v) is 5.89. The molecule has 0 unspecified atom stereocenters. The number of hydrogen-bond donors (Lipinski definition) is 1. The summed E-state index contributed by atoms with van der Waals surface area (Å²) in [5, 5.41) is 1.09. The number of esters is 1. The van der Waals surface area contributed by atoms with Crippen LogP contribution in [0.4, 0.5) is 0 Å². The average molecular weight is 230 g/mol. The highest BCUT2D eigenvalue weighted by Gasteiger charge is 2.45. The number of nitrogens with zero attached hydrogens (tertiary/aromatic N) is 1. The molecule has 2 atom stereocenters. The van der Waals surface area contributed by atoms with E-state index in [2.05, 4.69) is 16.0 Å². The highest BCUT2D eigenvalue weighted by atomic mass is 16.5. The number of fused-ring (bicyclic) bond motifs is 1. The van der Waals surface area contributed by atoms with E-state index in [1.54, 1.807) is 0 Å². The molecule has 0 aromatic carbocycles. The lowest BCUT2D eigenvalue weighted by atomic mass is 10.1. The third kappa shape index (κ3) is 1.79. The minimum atomic E-state index is -0.0772. The molecule has 4 nitrogen and oxygen atoms in total. The molecule has 1 aliphatic carbocycles. The SMILES string of the molecule is CCOC(=O)[C@H]1C[C@H]1c1cnc2[nH]ccc2c1. The molecule has 0 aliphatic heterocycles. The number of carbonyl (C=O) groups excluding carboxylic acids is 1. The van der Waals surface area contributed by atoms with E-state index in [0.29, 0.717) is 12.5 Å². The molecule has 0 bridgehead atoms. The minimum Gasteiger partial charge on any atom is -0.466 e. The highest BCUT2D eigenvalue weighted by molar-refractivity contribution is 5.79. The van der Waals surface area contributed by atoms with Crippen LogP contribution in [0.1, 0.15) is 24.8 Å². The summed E-state index contributed by atoms with van der Waals surface area (Å²) in [5.74, 6) is 0.251. The molecule has 88 valence electrons. The average Bonchev–Trinajstić information content (AvgIpc) is 3.00. The molecule has 1 fully saturated rings. The fourth-order valence-corrected chi connectivity index (χ4v) is 2.23. The standard InChI is InChI=1S/C13H14N2O2/c1-2-17-13(16)11-6-10(11)9-5-8-3-4-14-12(8)15-7-9/h3-5,7,10-11H,2,6H2,1H3,(H,14,15)/t10-,11-/m0/s1. The van der Waals surface area contributed by atoms with E-state index in [0.717, 1.165) is 23.0 Å². The van der Waals surface area contributed by atoms with Crippen LogP contribution in [-0.4, -0.2) is 22.5 Å². The number of nitrogens with one attached hydrogen (secondary N) is 1. The number of carbonyl (C=O) groups is 1. The van der Waals surface area contributed by atoms with E-state index in [1.807, 2.05) is 25.4 Å². The van der Waals surface area contributed by atoms with Crippen molar-refractivity contribution >= 4 is 17.0 Å². The lowest BCUT2D eigenvalue weighted by Crippen LogP contribution is -2.07. The van der Waals surface area contributed by atoms with Crippen molar-refractivity contribution in [3.8, 4) is 0 Å². The van der Waals surface area contributed by atoms with E-state index in [4.69, 9.17) is 4.74 Å². The topological polar surface area (TPSA) is 55.0 Å². The Morgan fingerprint density at radius 1 is 1.65 bits per heavy atom. The van der Waals surface area contributed by atoms with Crippen LogP contribution in [0.5, 0.6) is 0 Å². The first kappa shape index (κ1) is 10.3. The Balaban J connectivity index is 1.79. The number of H-pyrrole nitrogens is 1. The van der Waals surface area contributed by atoms with Gasteiger partial charge in [-0.05, 0) is 37.0 Å². The maximum Gasteiger partial charge on any atom is 0.309 e. The van der Waals surface area contributed by atoms with Crippen molar-refractivity contribution in [1.29, 1.82) is 0 Å². The number of aromatic amines is 1. The molecule has 17 heavy (non-hydrogen) atoms. The van der Waals surface area contributed by atoms with E-state index in [1.165, 1.54) is 0 Å². The van der Waals surface area contributed by atoms with Gasteiger partial charge in [-0.2, -0.15) is 0 Å². The van der Waals surface area contributed by atoms with Crippen molar-refractivity contribution in [1.82, 2.24) is 9.97 Å². The van der Waals surface area contributed by atoms with Gasteiger partial charge in [0.05, 0.1) is 12.5 Å². The second kappa shape index (κ2) is 3.87. The van der Waals surface area contributed by atoms with Gasteiger partial charge >= 0.3 is 5.97 Å². The van der Waals surface area contributed by atoms with Crippen molar-refractivity contribution in [2.45, 2.75) is 19.3 Å². The lowest BCUT2D eigenvalue weighted by Gasteiger charge is -2.01. The molecular formula is C13H14N2O2. The van der Waals surface area contributed by atoms with Gasteiger partial charge < -0.3 is 9.72 Å². The zero-order valence-corrected chi connectivity index (χ0v) is 9.64. The predicted octanol–water partition coefficient (Wildman–Crippen LogP) is 2.23. The Kier molecular flexibility index (Phi) is 2.35. The van der Waals surface area contributed by atoms with Crippen LogP contribution < -0.4 is 0 Å². The summed E-state index contributed by atoms with van der Waals surface area (Å²) >= 11 is 0. The first-order chi connectivity index (χ1) is 8.29. The summed E-state index contributed by atoms with van der Waals surface area (Å²) in [6.45, 7) is 2.29. The maximum atomic E-state index is 11.6. The summed E-state index contributed by atoms with van der Waals surface area (Å²) in [5.41, 5.74) is 2.03. The van der Waals surface area contributed by atoms with Gasteiger partial charge in [0, 0.05) is 17.8 Å². The Hall–Kier alpha value is -1.84. The van der Waals surface area contributed by atoms with Crippen LogP contribution in [0.3, 0.4) is 0 Å². The fraction of sp³-hybridized carbons (Fsp3) is 0.385. The third-order valence-corrected chi connectivity index (χ3v) is 3.23. The Labute approximate surface area is 99.0 Å². The number of hydrogen-bond acceptors (Lipinski definition) is 3. The van der Waals surface area contributed by atoms with Crippen LogP contribution in [-0.2, 0) is 9.53 Å². The van der Waals surface area contributed by atoms with Crippen molar-refractivity contribution < 1.29 is 9.53 Å². The van der Waals surface area contributed by atoms with Crippen molar-refractivity contribution in [3.05, 3.63) is 30.1 Å². The second-order valence-electron chi connectivity index (χ2n) is 4.38. The lowest BCUT2D eigenvalue weighted by molar-refractivity contribution is -0.144. The molecule has 0 spiro atoms. The molecular weight excluding hydrogens is 216 g/mol. The van der Waals surface area contributed by atoms with E-state index >= 15 is 0 Å². The molecule has 1 aliphatic rings. The molecule has 2 heterocycles. The van der Waals surface area contributed by atoms with Crippen LogP contribution in [0.25, 0.3) is 11.0 Å². The van der Waals surface area contributed by atoms with E-state index < -0.39 is 0 Å². The molecule has 2 aromatic rings. The molecule has 0 saturated heterocycles. The van der Waals surface area contributed by atoms with Gasteiger partial charge in [0.2, 0.25) is 0 Å². The molecule has 4 heteroatoms. The van der Waals surface area contributed by atoms with Gasteiger partial charge in [-0.25, -0.2) is 4.98 Å². The molecule has 0 radical (unpaired) electrons. The number of pyridine rings is 1. The molecule has 1 saturated carbocycles. The highest BCUT2D eigenvalue weighted by Crippen LogP contribution is 2.48. The number of ether oxygens (including phenoxy) is 1. The Morgan fingerprint density at radius 3 is 3.35 bits per heavy atom. The zero-order valence-electron chi connectivity index (χ0n) is 9.64.